The summed E-state index contributed by atoms with van der Waals surface area (Å²) in [6, 6.07) is 12.9. The van der Waals surface area contributed by atoms with Crippen LogP contribution in [0.2, 0.25) is 0 Å². The third-order valence-electron chi connectivity index (χ3n) is 3.73. The van der Waals surface area contributed by atoms with Crippen molar-refractivity contribution in [3.8, 4) is 0 Å². The molecule has 1 saturated heterocycles. The summed E-state index contributed by atoms with van der Waals surface area (Å²) >= 11 is 0.997. The molecule has 4 rings (SSSR count). The molecule has 0 unspecified atom stereocenters. The van der Waals surface area contributed by atoms with Crippen molar-refractivity contribution in [1.29, 1.82) is 0 Å². The predicted octanol–water partition coefficient (Wildman–Crippen LogP) is 5.04. The molecule has 0 spiro atoms. The fourth-order valence-corrected chi connectivity index (χ4v) is 3.27. The quantitative estimate of drug-likeness (QED) is 0.690. The fourth-order valence-electron chi connectivity index (χ4n) is 2.53. The molecule has 0 radical (unpaired) electrons. The minimum atomic E-state index is -0.989. The standard InChI is InChI=1S/C19H11F2N3OS/c20-14-5-4-13(10-15(14)21)23-18-17(26-19(25)24-18)9-11-3-6-16-12(8-11)2-1-7-22-16/h1-10H,(H,23,24,25)/b17-9-. The number of benzene rings is 2. The van der Waals surface area contributed by atoms with E-state index in [1.807, 2.05) is 36.4 Å². The minimum absolute atomic E-state index is 0.218. The van der Waals surface area contributed by atoms with Gasteiger partial charge in [0.25, 0.3) is 5.24 Å². The normalized spacial score (nSPS) is 17.2. The highest BCUT2D eigenvalue weighted by Crippen LogP contribution is 2.29. The third kappa shape index (κ3) is 3.34. The molecule has 1 aliphatic rings. The van der Waals surface area contributed by atoms with Gasteiger partial charge in [-0.25, -0.2) is 13.8 Å². The summed E-state index contributed by atoms with van der Waals surface area (Å²) in [5, 5.41) is 3.32. The first kappa shape index (κ1) is 16.4. The highest BCUT2D eigenvalue weighted by molar-refractivity contribution is 8.18. The zero-order valence-electron chi connectivity index (χ0n) is 13.2. The van der Waals surface area contributed by atoms with Gasteiger partial charge in [-0.15, -0.1) is 0 Å². The molecule has 0 bridgehead atoms. The molecule has 26 heavy (non-hydrogen) atoms. The van der Waals surface area contributed by atoms with Gasteiger partial charge in [0.05, 0.1) is 16.1 Å². The molecule has 4 nitrogen and oxygen atoms in total. The lowest BCUT2D eigenvalue weighted by molar-refractivity contribution is 0.265. The number of carbonyl (C=O) groups is 1. The van der Waals surface area contributed by atoms with E-state index in [0.717, 1.165) is 40.4 Å². The topological polar surface area (TPSA) is 54.4 Å². The Labute approximate surface area is 151 Å². The Morgan fingerprint density at radius 1 is 1.08 bits per heavy atom. The van der Waals surface area contributed by atoms with Crippen LogP contribution in [-0.4, -0.2) is 16.1 Å². The molecule has 1 fully saturated rings. The Bertz CT molecular complexity index is 1100. The van der Waals surface area contributed by atoms with Crippen LogP contribution in [0, 0.1) is 11.6 Å². The summed E-state index contributed by atoms with van der Waals surface area (Å²) < 4.78 is 26.4. The molecule has 1 N–H and O–H groups in total. The second-order valence-electron chi connectivity index (χ2n) is 5.54. The van der Waals surface area contributed by atoms with Crippen LogP contribution in [0.5, 0.6) is 0 Å². The maximum atomic E-state index is 13.4. The van der Waals surface area contributed by atoms with Gasteiger partial charge < -0.3 is 5.32 Å². The molecular formula is C19H11F2N3OS. The summed E-state index contributed by atoms with van der Waals surface area (Å²) in [4.78, 5) is 20.9. The number of hydrogen-bond acceptors (Lipinski definition) is 4. The number of fused-ring (bicyclic) bond motifs is 1. The lowest BCUT2D eigenvalue weighted by Crippen LogP contribution is -2.18. The van der Waals surface area contributed by atoms with E-state index < -0.39 is 11.6 Å². The van der Waals surface area contributed by atoms with Crippen LogP contribution in [0.15, 0.2) is 64.6 Å². The molecule has 0 atom stereocenters. The Hall–Kier alpha value is -3.06. The van der Waals surface area contributed by atoms with Crippen LogP contribution in [0.4, 0.5) is 19.3 Å². The molecule has 3 aromatic rings. The van der Waals surface area contributed by atoms with Crippen molar-refractivity contribution in [1.82, 2.24) is 10.3 Å². The van der Waals surface area contributed by atoms with E-state index >= 15 is 0 Å². The highest BCUT2D eigenvalue weighted by atomic mass is 32.2. The van der Waals surface area contributed by atoms with Gasteiger partial charge in [0, 0.05) is 17.6 Å². The molecule has 1 amide bonds. The van der Waals surface area contributed by atoms with Gasteiger partial charge in [-0.2, -0.15) is 0 Å². The first-order chi connectivity index (χ1) is 12.6. The van der Waals surface area contributed by atoms with Gasteiger partial charge in [-0.3, -0.25) is 9.78 Å². The van der Waals surface area contributed by atoms with Crippen molar-refractivity contribution in [2.75, 3.05) is 0 Å². The second-order valence-corrected chi connectivity index (χ2v) is 6.55. The average Bonchev–Trinajstić information content (AvgIpc) is 2.97. The van der Waals surface area contributed by atoms with Crippen LogP contribution in [0.25, 0.3) is 17.0 Å². The van der Waals surface area contributed by atoms with Crippen molar-refractivity contribution in [3.63, 3.8) is 0 Å². The van der Waals surface area contributed by atoms with Crippen LogP contribution in [0.3, 0.4) is 0 Å². The summed E-state index contributed by atoms with van der Waals surface area (Å²) in [5.41, 5.74) is 1.97. The van der Waals surface area contributed by atoms with Gasteiger partial charge >= 0.3 is 0 Å². The van der Waals surface area contributed by atoms with Crippen molar-refractivity contribution in [2.24, 2.45) is 4.99 Å². The van der Waals surface area contributed by atoms with Crippen molar-refractivity contribution >= 4 is 45.5 Å². The lowest BCUT2D eigenvalue weighted by atomic mass is 10.1. The van der Waals surface area contributed by atoms with Gasteiger partial charge in [-0.1, -0.05) is 12.1 Å². The van der Waals surface area contributed by atoms with E-state index in [1.54, 1.807) is 6.20 Å². The van der Waals surface area contributed by atoms with Crippen LogP contribution in [-0.2, 0) is 0 Å². The monoisotopic (exact) mass is 367 g/mol. The number of carbonyl (C=O) groups excluding carboxylic acids is 1. The summed E-state index contributed by atoms with van der Waals surface area (Å²) in [5.74, 6) is -1.63. The third-order valence-corrected chi connectivity index (χ3v) is 4.54. The molecular weight excluding hydrogens is 356 g/mol. The number of aromatic nitrogens is 1. The minimum Gasteiger partial charge on any atom is -0.300 e. The van der Waals surface area contributed by atoms with E-state index in [9.17, 15) is 13.6 Å². The average molecular weight is 367 g/mol. The van der Waals surface area contributed by atoms with E-state index in [1.165, 1.54) is 6.07 Å². The van der Waals surface area contributed by atoms with Gasteiger partial charge in [0.15, 0.2) is 11.6 Å². The van der Waals surface area contributed by atoms with E-state index in [0.29, 0.717) is 10.7 Å². The van der Waals surface area contributed by atoms with Crippen molar-refractivity contribution in [3.05, 3.63) is 76.8 Å². The van der Waals surface area contributed by atoms with Gasteiger partial charge in [-0.05, 0) is 53.7 Å². The number of amides is 1. The highest BCUT2D eigenvalue weighted by Gasteiger charge is 2.23. The van der Waals surface area contributed by atoms with Gasteiger partial charge in [0.2, 0.25) is 0 Å². The maximum absolute atomic E-state index is 13.4. The van der Waals surface area contributed by atoms with Crippen molar-refractivity contribution < 1.29 is 13.6 Å². The number of nitrogens with one attached hydrogen (secondary N) is 1. The molecule has 0 saturated carbocycles. The Balaban J connectivity index is 1.72. The molecule has 2 heterocycles. The Kier molecular flexibility index (Phi) is 4.22. The second kappa shape index (κ2) is 6.68. The number of nitrogens with zero attached hydrogens (tertiary/aromatic N) is 2. The number of rotatable bonds is 2. The molecule has 0 aliphatic carbocycles. The molecule has 7 heteroatoms. The first-order valence-corrected chi connectivity index (χ1v) is 8.49. The summed E-state index contributed by atoms with van der Waals surface area (Å²) in [6.45, 7) is 0. The van der Waals surface area contributed by atoms with Crippen molar-refractivity contribution in [2.45, 2.75) is 0 Å². The number of thioether (sulfide) groups is 1. The van der Waals surface area contributed by atoms with E-state index in [4.69, 9.17) is 0 Å². The Morgan fingerprint density at radius 2 is 1.96 bits per heavy atom. The Morgan fingerprint density at radius 3 is 2.81 bits per heavy atom. The number of aliphatic imine (C=N–C) groups is 1. The smallest absolute Gasteiger partial charge is 0.289 e. The van der Waals surface area contributed by atoms with Crippen LogP contribution >= 0.6 is 11.8 Å². The number of amidine groups is 1. The van der Waals surface area contributed by atoms with Crippen LogP contribution in [0.1, 0.15) is 5.56 Å². The largest absolute Gasteiger partial charge is 0.300 e. The number of hydrogen-bond donors (Lipinski definition) is 1. The first-order valence-electron chi connectivity index (χ1n) is 7.68. The fraction of sp³-hybridized carbons (Fsp3) is 0. The SMILES string of the molecule is O=C1NC(=Nc2ccc(F)c(F)c2)/C(=C/c2ccc3ncccc3c2)S1. The summed E-state index contributed by atoms with van der Waals surface area (Å²) in [7, 11) is 0. The number of pyridine rings is 1. The van der Waals surface area contributed by atoms with E-state index in [-0.39, 0.29) is 10.9 Å². The predicted molar refractivity (Wildman–Crippen MR) is 99.3 cm³/mol. The van der Waals surface area contributed by atoms with E-state index in [2.05, 4.69) is 15.3 Å². The zero-order valence-corrected chi connectivity index (χ0v) is 14.1. The zero-order chi connectivity index (χ0) is 18.1. The summed E-state index contributed by atoms with van der Waals surface area (Å²) in [6.07, 6.45) is 3.54. The molecule has 2 aromatic carbocycles. The number of halogens is 2. The molecule has 1 aliphatic heterocycles. The molecule has 1 aromatic heterocycles. The lowest BCUT2D eigenvalue weighted by Gasteiger charge is -2.02. The van der Waals surface area contributed by atoms with Crippen LogP contribution < -0.4 is 5.32 Å². The van der Waals surface area contributed by atoms with Gasteiger partial charge in [0.1, 0.15) is 5.84 Å². The maximum Gasteiger partial charge on any atom is 0.289 e. The molecule has 128 valence electrons.